The maximum Gasteiger partial charge on any atom is 0.293 e. The molecule has 0 bridgehead atoms. The molecule has 0 aliphatic rings. The lowest BCUT2D eigenvalue weighted by Crippen LogP contribution is -2.44. The van der Waals surface area contributed by atoms with E-state index in [1.165, 1.54) is 10.8 Å². The van der Waals surface area contributed by atoms with Gasteiger partial charge in [-0.3, -0.25) is 9.59 Å². The van der Waals surface area contributed by atoms with Crippen LogP contribution in [0.2, 0.25) is 0 Å². The van der Waals surface area contributed by atoms with Gasteiger partial charge in [-0.25, -0.2) is 9.20 Å². The highest BCUT2D eigenvalue weighted by Gasteiger charge is 2.17. The quantitative estimate of drug-likeness (QED) is 0.597. The maximum absolute atomic E-state index is 12.8. The van der Waals surface area contributed by atoms with Gasteiger partial charge in [-0.1, -0.05) is 42.5 Å². The van der Waals surface area contributed by atoms with E-state index in [4.69, 9.17) is 0 Å². The third-order valence-corrected chi connectivity index (χ3v) is 4.36. The van der Waals surface area contributed by atoms with Crippen molar-refractivity contribution in [3.05, 3.63) is 65.2 Å². The molecule has 2 aromatic carbocycles. The van der Waals surface area contributed by atoms with Crippen LogP contribution in [0.3, 0.4) is 0 Å². The maximum atomic E-state index is 12.8. The summed E-state index contributed by atoms with van der Waals surface area (Å²) >= 11 is 0. The molecule has 7 nitrogen and oxygen atoms in total. The van der Waals surface area contributed by atoms with Crippen LogP contribution in [-0.2, 0) is 11.3 Å². The molecular formula is C21H21N5O2. The Morgan fingerprint density at radius 2 is 1.86 bits per heavy atom. The van der Waals surface area contributed by atoms with Gasteiger partial charge in [0, 0.05) is 11.1 Å². The molecule has 2 aromatic heterocycles. The lowest BCUT2D eigenvalue weighted by molar-refractivity contribution is -0.123. The number of benzene rings is 2. The third-order valence-electron chi connectivity index (χ3n) is 4.36. The van der Waals surface area contributed by atoms with E-state index in [1.807, 2.05) is 63.2 Å². The van der Waals surface area contributed by atoms with E-state index < -0.39 is 0 Å². The second-order valence-corrected chi connectivity index (χ2v) is 7.78. The molecule has 2 heterocycles. The molecule has 142 valence electrons. The molecule has 0 spiro atoms. The fourth-order valence-electron chi connectivity index (χ4n) is 3.22. The van der Waals surface area contributed by atoms with Crippen LogP contribution in [0.15, 0.2) is 59.7 Å². The van der Waals surface area contributed by atoms with Crippen LogP contribution in [-0.4, -0.2) is 30.8 Å². The van der Waals surface area contributed by atoms with Crippen molar-refractivity contribution in [3.8, 4) is 11.3 Å². The topological polar surface area (TPSA) is 81.3 Å². The highest BCUT2D eigenvalue weighted by atomic mass is 16.2. The van der Waals surface area contributed by atoms with Crippen molar-refractivity contribution in [1.82, 2.24) is 24.7 Å². The van der Waals surface area contributed by atoms with Gasteiger partial charge >= 0.3 is 0 Å². The fourth-order valence-corrected chi connectivity index (χ4v) is 3.22. The van der Waals surface area contributed by atoms with Gasteiger partial charge in [0.15, 0.2) is 0 Å². The van der Waals surface area contributed by atoms with Gasteiger partial charge < -0.3 is 5.32 Å². The Bertz CT molecular complexity index is 1240. The van der Waals surface area contributed by atoms with Gasteiger partial charge in [0.25, 0.3) is 5.56 Å². The highest BCUT2D eigenvalue weighted by molar-refractivity contribution is 5.96. The minimum absolute atomic E-state index is 0.138. The van der Waals surface area contributed by atoms with E-state index in [1.54, 1.807) is 6.07 Å². The second kappa shape index (κ2) is 6.60. The number of hydrogen-bond donors (Lipinski definition) is 1. The normalized spacial score (nSPS) is 11.8. The van der Waals surface area contributed by atoms with Gasteiger partial charge in [0.05, 0.1) is 5.69 Å². The highest BCUT2D eigenvalue weighted by Crippen LogP contribution is 2.27. The minimum Gasteiger partial charge on any atom is -0.350 e. The van der Waals surface area contributed by atoms with E-state index in [0.29, 0.717) is 11.2 Å². The summed E-state index contributed by atoms with van der Waals surface area (Å²) in [5.41, 5.74) is 1.28. The molecule has 0 radical (unpaired) electrons. The zero-order valence-electron chi connectivity index (χ0n) is 16.0. The Morgan fingerprint density at radius 1 is 1.11 bits per heavy atom. The number of hydrogen-bond acceptors (Lipinski definition) is 4. The van der Waals surface area contributed by atoms with E-state index in [9.17, 15) is 9.59 Å². The van der Waals surface area contributed by atoms with Crippen LogP contribution in [0.25, 0.3) is 27.5 Å². The second-order valence-electron chi connectivity index (χ2n) is 7.78. The van der Waals surface area contributed by atoms with Crippen LogP contribution < -0.4 is 10.9 Å². The Balaban J connectivity index is 1.75. The van der Waals surface area contributed by atoms with Crippen molar-refractivity contribution < 1.29 is 4.79 Å². The number of nitrogens with zero attached hydrogens (tertiary/aromatic N) is 4. The fraction of sp³-hybridized carbons (Fsp3) is 0.238. The molecule has 0 aliphatic heterocycles. The van der Waals surface area contributed by atoms with E-state index >= 15 is 0 Å². The monoisotopic (exact) mass is 375 g/mol. The van der Waals surface area contributed by atoms with Crippen molar-refractivity contribution in [1.29, 1.82) is 0 Å². The standard InChI is InChI=1S/C21H21N5O2/c1-21(2,3)23-19(27)12-25-20(28)18-11-17(24-26(18)13-22-25)16-10-6-8-14-7-4-5-9-15(14)16/h4-11,13H,12H2,1-3H3,(H,23,27). The Kier molecular flexibility index (Phi) is 4.22. The summed E-state index contributed by atoms with van der Waals surface area (Å²) < 4.78 is 2.61. The summed E-state index contributed by atoms with van der Waals surface area (Å²) in [5.74, 6) is -0.264. The van der Waals surface area contributed by atoms with Gasteiger partial charge in [0.2, 0.25) is 5.91 Å². The number of carbonyl (C=O) groups is 1. The van der Waals surface area contributed by atoms with Gasteiger partial charge in [-0.15, -0.1) is 0 Å². The van der Waals surface area contributed by atoms with Gasteiger partial charge in [-0.2, -0.15) is 10.2 Å². The summed E-state index contributed by atoms with van der Waals surface area (Å²) in [6, 6.07) is 15.8. The molecular weight excluding hydrogens is 354 g/mol. The summed E-state index contributed by atoms with van der Waals surface area (Å²) in [6.07, 6.45) is 1.45. The smallest absolute Gasteiger partial charge is 0.293 e. The molecule has 0 saturated carbocycles. The van der Waals surface area contributed by atoms with Crippen molar-refractivity contribution in [2.24, 2.45) is 0 Å². The molecule has 1 N–H and O–H groups in total. The van der Waals surface area contributed by atoms with E-state index in [-0.39, 0.29) is 23.6 Å². The van der Waals surface area contributed by atoms with Crippen LogP contribution in [0.4, 0.5) is 0 Å². The molecule has 4 rings (SSSR count). The summed E-state index contributed by atoms with van der Waals surface area (Å²) in [7, 11) is 0. The number of amides is 1. The van der Waals surface area contributed by atoms with Crippen molar-refractivity contribution in [3.63, 3.8) is 0 Å². The molecule has 0 fully saturated rings. The van der Waals surface area contributed by atoms with Crippen molar-refractivity contribution in [2.45, 2.75) is 32.9 Å². The van der Waals surface area contributed by atoms with E-state index in [0.717, 1.165) is 21.0 Å². The summed E-state index contributed by atoms with van der Waals surface area (Å²) in [5, 5.41) is 13.6. The average Bonchev–Trinajstić information content (AvgIpc) is 3.07. The number of aromatic nitrogens is 4. The molecule has 0 unspecified atom stereocenters. The first kappa shape index (κ1) is 17.9. The van der Waals surface area contributed by atoms with Crippen molar-refractivity contribution >= 4 is 22.2 Å². The predicted octanol–water partition coefficient (Wildman–Crippen LogP) is 2.63. The molecule has 0 atom stereocenters. The Hall–Kier alpha value is -3.48. The van der Waals surface area contributed by atoms with E-state index in [2.05, 4.69) is 15.5 Å². The first-order chi connectivity index (χ1) is 13.3. The van der Waals surface area contributed by atoms with Crippen molar-refractivity contribution in [2.75, 3.05) is 0 Å². The number of carbonyl (C=O) groups excluding carboxylic acids is 1. The average molecular weight is 375 g/mol. The lowest BCUT2D eigenvalue weighted by Gasteiger charge is -2.20. The van der Waals surface area contributed by atoms with Gasteiger partial charge in [0.1, 0.15) is 18.4 Å². The van der Waals surface area contributed by atoms with Crippen LogP contribution in [0.1, 0.15) is 20.8 Å². The number of fused-ring (bicyclic) bond motifs is 2. The number of rotatable bonds is 3. The molecule has 1 amide bonds. The predicted molar refractivity (Wildman–Crippen MR) is 108 cm³/mol. The summed E-state index contributed by atoms with van der Waals surface area (Å²) in [4.78, 5) is 25.0. The molecule has 0 aliphatic carbocycles. The number of nitrogens with one attached hydrogen (secondary N) is 1. The molecule has 7 heteroatoms. The first-order valence-electron chi connectivity index (χ1n) is 9.06. The zero-order chi connectivity index (χ0) is 19.9. The minimum atomic E-state index is -0.372. The lowest BCUT2D eigenvalue weighted by atomic mass is 10.0. The SMILES string of the molecule is CC(C)(C)NC(=O)Cn1ncn2nc(-c3cccc4ccccc34)cc2c1=O. The molecule has 4 aromatic rings. The Labute approximate surface area is 161 Å². The largest absolute Gasteiger partial charge is 0.350 e. The third kappa shape index (κ3) is 3.38. The Morgan fingerprint density at radius 3 is 2.64 bits per heavy atom. The summed E-state index contributed by atoms with van der Waals surface area (Å²) in [6.45, 7) is 5.52. The van der Waals surface area contributed by atoms with Gasteiger partial charge in [-0.05, 0) is 37.6 Å². The van der Waals surface area contributed by atoms with Crippen LogP contribution in [0.5, 0.6) is 0 Å². The first-order valence-corrected chi connectivity index (χ1v) is 9.06. The molecule has 0 saturated heterocycles. The molecule has 28 heavy (non-hydrogen) atoms. The van der Waals surface area contributed by atoms with Crippen LogP contribution >= 0.6 is 0 Å². The zero-order valence-corrected chi connectivity index (χ0v) is 16.0. The van der Waals surface area contributed by atoms with Crippen LogP contribution in [0, 0.1) is 0 Å².